The van der Waals surface area contributed by atoms with Gasteiger partial charge in [-0.1, -0.05) is 31.5 Å². The van der Waals surface area contributed by atoms with Crippen LogP contribution in [0, 0.1) is 0 Å². The highest BCUT2D eigenvalue weighted by Crippen LogP contribution is 2.21. The van der Waals surface area contributed by atoms with Crippen LogP contribution in [0.2, 0.25) is 0 Å². The van der Waals surface area contributed by atoms with E-state index in [9.17, 15) is 0 Å². The Morgan fingerprint density at radius 2 is 1.79 bits per heavy atom. The average molecular weight is 262 g/mol. The predicted octanol–water partition coefficient (Wildman–Crippen LogP) is 4.20. The maximum absolute atomic E-state index is 3.59. The number of anilines is 1. The third-order valence-electron chi connectivity index (χ3n) is 3.30. The van der Waals surface area contributed by atoms with Gasteiger partial charge in [-0.3, -0.25) is 0 Å². The molecule has 1 aromatic carbocycles. The molecule has 0 spiro atoms. The molecule has 108 valence electrons. The van der Waals surface area contributed by atoms with Crippen LogP contribution in [-0.4, -0.2) is 18.6 Å². The number of nitrogens with one attached hydrogen (secondary N) is 1. The normalized spacial score (nSPS) is 11.6. The summed E-state index contributed by atoms with van der Waals surface area (Å²) < 4.78 is 0. The molecule has 0 aliphatic carbocycles. The van der Waals surface area contributed by atoms with E-state index in [4.69, 9.17) is 0 Å². The quantitative estimate of drug-likeness (QED) is 0.792. The van der Waals surface area contributed by atoms with Gasteiger partial charge in [-0.15, -0.1) is 0 Å². The Labute approximate surface area is 119 Å². The van der Waals surface area contributed by atoms with Gasteiger partial charge in [0.25, 0.3) is 0 Å². The van der Waals surface area contributed by atoms with E-state index in [2.05, 4.69) is 69.1 Å². The lowest BCUT2D eigenvalue weighted by Crippen LogP contribution is -2.35. The van der Waals surface area contributed by atoms with Crippen LogP contribution in [0.4, 0.5) is 5.69 Å². The third kappa shape index (κ3) is 5.65. The fourth-order valence-corrected chi connectivity index (χ4v) is 2.13. The Morgan fingerprint density at radius 1 is 1.11 bits per heavy atom. The molecule has 0 aliphatic rings. The van der Waals surface area contributed by atoms with Crippen molar-refractivity contribution < 1.29 is 0 Å². The minimum Gasteiger partial charge on any atom is -0.372 e. The maximum Gasteiger partial charge on any atom is 0.0411 e. The Morgan fingerprint density at radius 3 is 2.37 bits per heavy atom. The van der Waals surface area contributed by atoms with Crippen LogP contribution in [-0.2, 0) is 6.54 Å². The number of hydrogen-bond acceptors (Lipinski definition) is 2. The van der Waals surface area contributed by atoms with Gasteiger partial charge in [-0.05, 0) is 45.7 Å². The van der Waals surface area contributed by atoms with Gasteiger partial charge < -0.3 is 10.2 Å². The Balaban J connectivity index is 2.81. The number of unbranched alkanes of at least 4 members (excludes halogenated alkanes) is 1. The summed E-state index contributed by atoms with van der Waals surface area (Å²) >= 11 is 0. The summed E-state index contributed by atoms with van der Waals surface area (Å²) in [7, 11) is 0. The molecular weight excluding hydrogens is 232 g/mol. The van der Waals surface area contributed by atoms with Gasteiger partial charge in [-0.25, -0.2) is 0 Å². The molecule has 2 nitrogen and oxygen atoms in total. The lowest BCUT2D eigenvalue weighted by molar-refractivity contribution is 0.424. The van der Waals surface area contributed by atoms with E-state index in [1.165, 1.54) is 24.1 Å². The van der Waals surface area contributed by atoms with Crippen LogP contribution in [0.3, 0.4) is 0 Å². The summed E-state index contributed by atoms with van der Waals surface area (Å²) in [5.74, 6) is 0. The summed E-state index contributed by atoms with van der Waals surface area (Å²) in [5.41, 5.74) is 2.94. The lowest BCUT2D eigenvalue weighted by Gasteiger charge is -2.27. The van der Waals surface area contributed by atoms with E-state index in [1.807, 2.05) is 0 Å². The van der Waals surface area contributed by atoms with Gasteiger partial charge in [0, 0.05) is 30.9 Å². The maximum atomic E-state index is 3.59. The summed E-state index contributed by atoms with van der Waals surface area (Å²) in [6.07, 6.45) is 2.51. The Hall–Kier alpha value is -1.02. The average Bonchev–Trinajstić information content (AvgIpc) is 2.37. The second-order valence-corrected chi connectivity index (χ2v) is 6.17. The van der Waals surface area contributed by atoms with E-state index in [-0.39, 0.29) is 5.54 Å². The van der Waals surface area contributed by atoms with E-state index in [0.29, 0.717) is 0 Å². The standard InChI is InChI=1S/C17H30N2/c1-6-8-13-19(7-2)16-12-10-9-11-15(16)14-18-17(3,4)5/h9-12,18H,6-8,13-14H2,1-5H3. The second kappa shape index (κ2) is 7.54. The van der Waals surface area contributed by atoms with Crippen molar-refractivity contribution in [2.45, 2.75) is 59.5 Å². The summed E-state index contributed by atoms with van der Waals surface area (Å²) in [5, 5.41) is 3.59. The first-order valence-electron chi connectivity index (χ1n) is 7.55. The molecule has 1 N–H and O–H groups in total. The summed E-state index contributed by atoms with van der Waals surface area (Å²) in [6.45, 7) is 14.3. The minimum absolute atomic E-state index is 0.160. The highest BCUT2D eigenvalue weighted by Gasteiger charge is 2.12. The van der Waals surface area contributed by atoms with Gasteiger partial charge in [0.2, 0.25) is 0 Å². The van der Waals surface area contributed by atoms with Crippen LogP contribution >= 0.6 is 0 Å². The predicted molar refractivity (Wildman–Crippen MR) is 85.8 cm³/mol. The zero-order valence-corrected chi connectivity index (χ0v) is 13.3. The number of para-hydroxylation sites is 1. The Kier molecular flexibility index (Phi) is 6.36. The topological polar surface area (TPSA) is 15.3 Å². The first-order chi connectivity index (χ1) is 8.98. The molecule has 0 saturated carbocycles. The molecule has 0 amide bonds. The van der Waals surface area contributed by atoms with Gasteiger partial charge in [0.15, 0.2) is 0 Å². The van der Waals surface area contributed by atoms with Crippen molar-refractivity contribution >= 4 is 5.69 Å². The molecule has 19 heavy (non-hydrogen) atoms. The second-order valence-electron chi connectivity index (χ2n) is 6.17. The monoisotopic (exact) mass is 262 g/mol. The van der Waals surface area contributed by atoms with Crippen molar-refractivity contribution in [3.05, 3.63) is 29.8 Å². The summed E-state index contributed by atoms with van der Waals surface area (Å²) in [4.78, 5) is 2.49. The Bertz CT molecular complexity index is 366. The van der Waals surface area contributed by atoms with Crippen molar-refractivity contribution in [3.63, 3.8) is 0 Å². The highest BCUT2D eigenvalue weighted by molar-refractivity contribution is 5.53. The van der Waals surface area contributed by atoms with Crippen molar-refractivity contribution in [3.8, 4) is 0 Å². The van der Waals surface area contributed by atoms with Crippen molar-refractivity contribution in [2.75, 3.05) is 18.0 Å². The molecule has 1 rings (SSSR count). The fraction of sp³-hybridized carbons (Fsp3) is 0.647. The van der Waals surface area contributed by atoms with Crippen molar-refractivity contribution in [2.24, 2.45) is 0 Å². The number of nitrogens with zero attached hydrogens (tertiary/aromatic N) is 1. The van der Waals surface area contributed by atoms with Crippen LogP contribution in [0.15, 0.2) is 24.3 Å². The number of benzene rings is 1. The van der Waals surface area contributed by atoms with Crippen LogP contribution < -0.4 is 10.2 Å². The molecule has 0 aliphatic heterocycles. The van der Waals surface area contributed by atoms with Gasteiger partial charge in [-0.2, -0.15) is 0 Å². The molecule has 0 radical (unpaired) electrons. The van der Waals surface area contributed by atoms with Crippen molar-refractivity contribution in [1.29, 1.82) is 0 Å². The van der Waals surface area contributed by atoms with Gasteiger partial charge >= 0.3 is 0 Å². The van der Waals surface area contributed by atoms with E-state index >= 15 is 0 Å². The molecule has 0 bridgehead atoms. The number of rotatable bonds is 7. The highest BCUT2D eigenvalue weighted by atomic mass is 15.1. The number of hydrogen-bond donors (Lipinski definition) is 1. The van der Waals surface area contributed by atoms with Crippen LogP contribution in [0.25, 0.3) is 0 Å². The van der Waals surface area contributed by atoms with Crippen molar-refractivity contribution in [1.82, 2.24) is 5.32 Å². The first kappa shape index (κ1) is 16.0. The van der Waals surface area contributed by atoms with E-state index in [1.54, 1.807) is 0 Å². The molecule has 0 heterocycles. The SMILES string of the molecule is CCCCN(CC)c1ccccc1CNC(C)(C)C. The van der Waals surface area contributed by atoms with E-state index in [0.717, 1.165) is 19.6 Å². The zero-order valence-electron chi connectivity index (χ0n) is 13.3. The summed E-state index contributed by atoms with van der Waals surface area (Å²) in [6, 6.07) is 8.77. The van der Waals surface area contributed by atoms with Crippen LogP contribution in [0.5, 0.6) is 0 Å². The lowest BCUT2D eigenvalue weighted by atomic mass is 10.1. The van der Waals surface area contributed by atoms with E-state index < -0.39 is 0 Å². The molecule has 0 saturated heterocycles. The molecule has 0 fully saturated rings. The molecule has 1 aromatic rings. The first-order valence-corrected chi connectivity index (χ1v) is 7.55. The van der Waals surface area contributed by atoms with Crippen LogP contribution in [0.1, 0.15) is 53.0 Å². The molecule has 0 atom stereocenters. The molecular formula is C17H30N2. The smallest absolute Gasteiger partial charge is 0.0411 e. The van der Waals surface area contributed by atoms with Gasteiger partial charge in [0.05, 0.1) is 0 Å². The largest absolute Gasteiger partial charge is 0.372 e. The molecule has 2 heteroatoms. The van der Waals surface area contributed by atoms with Gasteiger partial charge in [0.1, 0.15) is 0 Å². The molecule has 0 aromatic heterocycles. The minimum atomic E-state index is 0.160. The third-order valence-corrected chi connectivity index (χ3v) is 3.30. The zero-order chi connectivity index (χ0) is 14.3. The molecule has 0 unspecified atom stereocenters. The fourth-order valence-electron chi connectivity index (χ4n) is 2.13.